The van der Waals surface area contributed by atoms with E-state index in [1.807, 2.05) is 6.92 Å². The van der Waals surface area contributed by atoms with Gasteiger partial charge in [-0.1, -0.05) is 6.92 Å². The zero-order valence-corrected chi connectivity index (χ0v) is 13.2. The first-order chi connectivity index (χ1) is 9.10. The van der Waals surface area contributed by atoms with Crippen LogP contribution in [0.1, 0.15) is 20.3 Å². The molecule has 1 aromatic rings. The summed E-state index contributed by atoms with van der Waals surface area (Å²) in [7, 11) is -0.551. The number of nitrogen functional groups attached to an aromatic ring is 1. The number of aliphatic hydroxyl groups is 1. The zero-order valence-electron chi connectivity index (χ0n) is 12.3. The van der Waals surface area contributed by atoms with Gasteiger partial charge in [-0.3, -0.25) is 0 Å². The Hall–Kier alpha value is -1.31. The first-order valence-electron chi connectivity index (χ1n) is 6.38. The van der Waals surface area contributed by atoms with E-state index in [0.29, 0.717) is 24.3 Å². The molecular weight excluding hydrogens is 278 g/mol. The molecule has 0 heterocycles. The van der Waals surface area contributed by atoms with Crippen LogP contribution in [-0.4, -0.2) is 44.1 Å². The lowest BCUT2D eigenvalue weighted by atomic mass is 10.0. The molecule has 0 aliphatic carbocycles. The summed E-state index contributed by atoms with van der Waals surface area (Å²) in [5.74, 6) is 0. The summed E-state index contributed by atoms with van der Waals surface area (Å²) in [4.78, 5) is 0.146. The van der Waals surface area contributed by atoms with Gasteiger partial charge < -0.3 is 16.2 Å². The summed E-state index contributed by atoms with van der Waals surface area (Å²) < 4.78 is 25.1. The molecule has 0 bridgehead atoms. The van der Waals surface area contributed by atoms with Gasteiger partial charge in [0, 0.05) is 20.6 Å². The van der Waals surface area contributed by atoms with Crippen LogP contribution >= 0.6 is 0 Å². The molecule has 0 saturated heterocycles. The summed E-state index contributed by atoms with van der Waals surface area (Å²) in [5.41, 5.74) is 5.97. The van der Waals surface area contributed by atoms with Gasteiger partial charge in [0.2, 0.25) is 10.0 Å². The smallest absolute Gasteiger partial charge is 0.242 e. The van der Waals surface area contributed by atoms with Crippen LogP contribution in [0, 0.1) is 0 Å². The molecular formula is C13H23N3O3S. The molecule has 6 nitrogen and oxygen atoms in total. The number of hydrogen-bond donors (Lipinski definition) is 3. The van der Waals surface area contributed by atoms with Crippen molar-refractivity contribution in [3.8, 4) is 0 Å². The maximum absolute atomic E-state index is 12.0. The van der Waals surface area contributed by atoms with Crippen molar-refractivity contribution in [1.82, 2.24) is 4.31 Å². The number of sulfonamides is 1. The van der Waals surface area contributed by atoms with Gasteiger partial charge in [0.25, 0.3) is 0 Å². The summed E-state index contributed by atoms with van der Waals surface area (Å²) in [5, 5.41) is 13.0. The molecule has 0 amide bonds. The molecule has 0 saturated carbocycles. The van der Waals surface area contributed by atoms with Gasteiger partial charge in [-0.2, -0.15) is 0 Å². The highest BCUT2D eigenvalue weighted by atomic mass is 32.2. The minimum Gasteiger partial charge on any atom is -0.397 e. The minimum atomic E-state index is -3.49. The third kappa shape index (κ3) is 3.84. The molecule has 4 N–H and O–H groups in total. The van der Waals surface area contributed by atoms with Crippen molar-refractivity contribution in [3.05, 3.63) is 18.2 Å². The van der Waals surface area contributed by atoms with Crippen LogP contribution in [0.25, 0.3) is 0 Å². The highest BCUT2D eigenvalue weighted by Crippen LogP contribution is 2.24. The van der Waals surface area contributed by atoms with Gasteiger partial charge in [-0.25, -0.2) is 12.7 Å². The quantitative estimate of drug-likeness (QED) is 0.684. The fourth-order valence-electron chi connectivity index (χ4n) is 1.48. The molecule has 1 unspecified atom stereocenters. The van der Waals surface area contributed by atoms with E-state index in [1.165, 1.54) is 26.2 Å². The average molecular weight is 301 g/mol. The van der Waals surface area contributed by atoms with Crippen molar-refractivity contribution in [3.63, 3.8) is 0 Å². The number of benzene rings is 1. The van der Waals surface area contributed by atoms with E-state index in [9.17, 15) is 13.5 Å². The first-order valence-corrected chi connectivity index (χ1v) is 7.82. The van der Waals surface area contributed by atoms with Crippen LogP contribution < -0.4 is 11.1 Å². The number of rotatable bonds is 6. The number of anilines is 2. The Balaban J connectivity index is 2.95. The van der Waals surface area contributed by atoms with Gasteiger partial charge >= 0.3 is 0 Å². The lowest BCUT2D eigenvalue weighted by molar-refractivity contribution is 0.0697. The van der Waals surface area contributed by atoms with E-state index >= 15 is 0 Å². The number of nitrogens with zero attached hydrogens (tertiary/aromatic N) is 1. The Morgan fingerprint density at radius 3 is 2.45 bits per heavy atom. The lowest BCUT2D eigenvalue weighted by Gasteiger charge is -2.23. The van der Waals surface area contributed by atoms with E-state index < -0.39 is 15.6 Å². The Morgan fingerprint density at radius 1 is 1.40 bits per heavy atom. The summed E-state index contributed by atoms with van der Waals surface area (Å²) in [6.45, 7) is 3.95. The van der Waals surface area contributed by atoms with Crippen LogP contribution in [0.3, 0.4) is 0 Å². The van der Waals surface area contributed by atoms with Crippen molar-refractivity contribution < 1.29 is 13.5 Å². The molecule has 0 fully saturated rings. The number of hydrogen-bond acceptors (Lipinski definition) is 5. The van der Waals surface area contributed by atoms with Crippen LogP contribution in [0.5, 0.6) is 0 Å². The standard InChI is InChI=1S/C13H23N3O3S/c1-5-13(2,17)9-15-12-7-6-10(8-11(12)14)20(18,19)16(3)4/h6-8,15,17H,5,9,14H2,1-4H3. The Kier molecular flexibility index (Phi) is 5.01. The van der Waals surface area contributed by atoms with Crippen LogP contribution in [0.2, 0.25) is 0 Å². The molecule has 7 heteroatoms. The summed E-state index contributed by atoms with van der Waals surface area (Å²) >= 11 is 0. The second-order valence-corrected chi connectivity index (χ2v) is 7.39. The van der Waals surface area contributed by atoms with Gasteiger partial charge in [0.15, 0.2) is 0 Å². The van der Waals surface area contributed by atoms with E-state index in [0.717, 1.165) is 4.31 Å². The Morgan fingerprint density at radius 2 is 2.00 bits per heavy atom. The first kappa shape index (κ1) is 16.7. The van der Waals surface area contributed by atoms with Crippen LogP contribution in [-0.2, 0) is 10.0 Å². The third-order valence-electron chi connectivity index (χ3n) is 3.22. The molecule has 0 spiro atoms. The molecule has 114 valence electrons. The SMILES string of the molecule is CCC(C)(O)CNc1ccc(S(=O)(=O)N(C)C)cc1N. The van der Waals surface area contributed by atoms with Crippen LogP contribution in [0.15, 0.2) is 23.1 Å². The van der Waals surface area contributed by atoms with Gasteiger partial charge in [-0.15, -0.1) is 0 Å². The highest BCUT2D eigenvalue weighted by Gasteiger charge is 2.20. The molecule has 1 rings (SSSR count). The van der Waals surface area contributed by atoms with Gasteiger partial charge in [0.1, 0.15) is 0 Å². The van der Waals surface area contributed by atoms with Crippen molar-refractivity contribution in [1.29, 1.82) is 0 Å². The fraction of sp³-hybridized carbons (Fsp3) is 0.538. The molecule has 1 aromatic carbocycles. The minimum absolute atomic E-state index is 0.146. The molecule has 0 aromatic heterocycles. The van der Waals surface area contributed by atoms with Crippen molar-refractivity contribution in [2.75, 3.05) is 31.7 Å². The fourth-order valence-corrected chi connectivity index (χ4v) is 2.42. The van der Waals surface area contributed by atoms with E-state index in [1.54, 1.807) is 13.0 Å². The van der Waals surface area contributed by atoms with Crippen molar-refractivity contribution >= 4 is 21.4 Å². The molecule has 0 radical (unpaired) electrons. The van der Waals surface area contributed by atoms with Crippen molar-refractivity contribution in [2.45, 2.75) is 30.8 Å². The van der Waals surface area contributed by atoms with E-state index in [4.69, 9.17) is 5.73 Å². The normalized spacial score (nSPS) is 15.1. The van der Waals surface area contributed by atoms with Gasteiger partial charge in [0.05, 0.1) is 21.9 Å². The second-order valence-electron chi connectivity index (χ2n) is 5.24. The Bertz CT molecular complexity index is 568. The average Bonchev–Trinajstić information content (AvgIpc) is 2.37. The number of nitrogens with one attached hydrogen (secondary N) is 1. The maximum Gasteiger partial charge on any atom is 0.242 e. The molecule has 20 heavy (non-hydrogen) atoms. The topological polar surface area (TPSA) is 95.7 Å². The summed E-state index contributed by atoms with van der Waals surface area (Å²) in [6, 6.07) is 4.52. The summed E-state index contributed by atoms with van der Waals surface area (Å²) in [6.07, 6.45) is 0.604. The molecule has 0 aliphatic heterocycles. The van der Waals surface area contributed by atoms with Crippen molar-refractivity contribution in [2.24, 2.45) is 0 Å². The van der Waals surface area contributed by atoms with E-state index in [2.05, 4.69) is 5.32 Å². The van der Waals surface area contributed by atoms with E-state index in [-0.39, 0.29) is 4.90 Å². The predicted molar refractivity (Wildman–Crippen MR) is 81.1 cm³/mol. The predicted octanol–water partition coefficient (Wildman–Crippen LogP) is 1.09. The number of nitrogens with two attached hydrogens (primary N) is 1. The largest absolute Gasteiger partial charge is 0.397 e. The zero-order chi connectivity index (χ0) is 15.6. The monoisotopic (exact) mass is 301 g/mol. The van der Waals surface area contributed by atoms with Crippen LogP contribution in [0.4, 0.5) is 11.4 Å². The third-order valence-corrected chi connectivity index (χ3v) is 5.03. The lowest BCUT2D eigenvalue weighted by Crippen LogP contribution is -2.32. The molecule has 1 atom stereocenters. The van der Waals surface area contributed by atoms with Gasteiger partial charge in [-0.05, 0) is 31.5 Å². The highest BCUT2D eigenvalue weighted by molar-refractivity contribution is 7.89. The Labute approximate surface area is 120 Å². The second kappa shape index (κ2) is 5.99. The molecule has 0 aliphatic rings. The maximum atomic E-state index is 12.0.